The number of pyridine rings is 1. The summed E-state index contributed by atoms with van der Waals surface area (Å²) in [5.74, 6) is -2.82. The van der Waals surface area contributed by atoms with Crippen molar-refractivity contribution in [1.82, 2.24) is 4.98 Å². The molecule has 3 nitrogen and oxygen atoms in total. The van der Waals surface area contributed by atoms with E-state index in [2.05, 4.69) is 4.98 Å². The molecule has 112 valence electrons. The number of aromatic nitrogens is 1. The quantitative estimate of drug-likeness (QED) is 0.881. The van der Waals surface area contributed by atoms with Crippen LogP contribution < -0.4 is 10.5 Å². The van der Waals surface area contributed by atoms with Gasteiger partial charge in [0.25, 0.3) is 0 Å². The average molecular weight is 304 g/mol. The first-order valence-corrected chi connectivity index (χ1v) is 5.71. The number of halogens is 5. The van der Waals surface area contributed by atoms with Crippen molar-refractivity contribution in [3.05, 3.63) is 53.2 Å². The molecule has 0 saturated heterocycles. The largest absolute Gasteiger partial charge is 0.435 e. The Balaban J connectivity index is 2.44. The van der Waals surface area contributed by atoms with Gasteiger partial charge < -0.3 is 10.5 Å². The van der Waals surface area contributed by atoms with E-state index in [1.165, 1.54) is 0 Å². The highest BCUT2D eigenvalue weighted by molar-refractivity contribution is 5.35. The maximum Gasteiger partial charge on any atom is 0.433 e. The summed E-state index contributed by atoms with van der Waals surface area (Å²) in [4.78, 5) is 3.26. The molecule has 0 spiro atoms. The summed E-state index contributed by atoms with van der Waals surface area (Å²) < 4.78 is 69.2. The number of benzene rings is 1. The maximum absolute atomic E-state index is 13.5. The number of rotatable bonds is 3. The summed E-state index contributed by atoms with van der Waals surface area (Å²) in [6.07, 6.45) is -4.69. The monoisotopic (exact) mass is 304 g/mol. The summed E-state index contributed by atoms with van der Waals surface area (Å²) in [6.45, 7) is -0.169. The Kier molecular flexibility index (Phi) is 4.08. The van der Waals surface area contributed by atoms with Crippen LogP contribution in [0.2, 0.25) is 0 Å². The zero-order chi connectivity index (χ0) is 15.6. The summed E-state index contributed by atoms with van der Waals surface area (Å²) in [6, 6.07) is 4.16. The number of hydrogen-bond acceptors (Lipinski definition) is 3. The number of nitrogens with zero attached hydrogens (tertiary/aromatic N) is 1. The second kappa shape index (κ2) is 5.65. The van der Waals surface area contributed by atoms with Gasteiger partial charge in [-0.1, -0.05) is 6.07 Å². The average Bonchev–Trinajstić information content (AvgIpc) is 2.42. The highest BCUT2D eigenvalue weighted by atomic mass is 19.4. The third-order valence-corrected chi connectivity index (χ3v) is 2.55. The molecule has 1 aromatic heterocycles. The fourth-order valence-corrected chi connectivity index (χ4v) is 1.53. The van der Waals surface area contributed by atoms with E-state index in [1.54, 1.807) is 0 Å². The van der Waals surface area contributed by atoms with Gasteiger partial charge in [-0.15, -0.1) is 0 Å². The predicted octanol–water partition coefficient (Wildman–Crippen LogP) is 3.63. The molecule has 0 aliphatic rings. The van der Waals surface area contributed by atoms with E-state index >= 15 is 0 Å². The lowest BCUT2D eigenvalue weighted by molar-refractivity contribution is -0.141. The van der Waals surface area contributed by atoms with Gasteiger partial charge in [0.1, 0.15) is 11.5 Å². The molecule has 21 heavy (non-hydrogen) atoms. The van der Waals surface area contributed by atoms with Gasteiger partial charge in [-0.2, -0.15) is 13.2 Å². The first kappa shape index (κ1) is 15.2. The lowest BCUT2D eigenvalue weighted by atomic mass is 10.2. The zero-order valence-corrected chi connectivity index (χ0v) is 10.4. The maximum atomic E-state index is 13.5. The van der Waals surface area contributed by atoms with Crippen LogP contribution in [0.15, 0.2) is 30.3 Å². The van der Waals surface area contributed by atoms with Gasteiger partial charge in [-0.05, 0) is 18.2 Å². The first-order chi connectivity index (χ1) is 9.81. The topological polar surface area (TPSA) is 48.1 Å². The number of nitrogens with two attached hydrogens (primary N) is 1. The van der Waals surface area contributed by atoms with Crippen LogP contribution in [0.4, 0.5) is 22.0 Å². The third-order valence-electron chi connectivity index (χ3n) is 2.55. The molecular formula is C13H9F5N2O. The molecule has 1 heterocycles. The van der Waals surface area contributed by atoms with E-state index in [0.29, 0.717) is 6.07 Å². The van der Waals surface area contributed by atoms with Crippen LogP contribution in [0.5, 0.6) is 11.6 Å². The summed E-state index contributed by atoms with van der Waals surface area (Å²) in [5, 5.41) is 0. The Morgan fingerprint density at radius 3 is 2.43 bits per heavy atom. The van der Waals surface area contributed by atoms with Crippen LogP contribution in [0.3, 0.4) is 0 Å². The van der Waals surface area contributed by atoms with Crippen molar-refractivity contribution in [3.8, 4) is 11.6 Å². The second-order valence-corrected chi connectivity index (χ2v) is 4.04. The molecule has 0 fully saturated rings. The van der Waals surface area contributed by atoms with Crippen LogP contribution in [-0.4, -0.2) is 4.98 Å². The molecule has 0 unspecified atom stereocenters. The molecular weight excluding hydrogens is 295 g/mol. The van der Waals surface area contributed by atoms with Crippen molar-refractivity contribution in [2.75, 3.05) is 0 Å². The summed E-state index contributed by atoms with van der Waals surface area (Å²) >= 11 is 0. The molecule has 0 saturated carbocycles. The Hall–Kier alpha value is -2.22. The van der Waals surface area contributed by atoms with Crippen LogP contribution >= 0.6 is 0 Å². The van der Waals surface area contributed by atoms with Crippen LogP contribution in [0.1, 0.15) is 11.3 Å². The molecule has 2 aromatic rings. The standard InChI is InChI=1S/C13H9F5N2O/c14-8-2-3-9(15)10(5-8)21-12-7(6-19)1-4-11(20-12)13(16,17)18/h1-5H,6,19H2. The molecule has 0 atom stereocenters. The molecule has 8 heteroatoms. The fraction of sp³-hybridized carbons (Fsp3) is 0.154. The molecule has 0 aliphatic heterocycles. The lowest BCUT2D eigenvalue weighted by Gasteiger charge is -2.12. The smallest absolute Gasteiger partial charge is 0.433 e. The van der Waals surface area contributed by atoms with Crippen molar-refractivity contribution in [1.29, 1.82) is 0 Å². The van der Waals surface area contributed by atoms with E-state index in [0.717, 1.165) is 24.3 Å². The Labute approximate surface area is 116 Å². The fourth-order valence-electron chi connectivity index (χ4n) is 1.53. The van der Waals surface area contributed by atoms with Gasteiger partial charge in [0.15, 0.2) is 11.6 Å². The predicted molar refractivity (Wildman–Crippen MR) is 63.6 cm³/mol. The van der Waals surface area contributed by atoms with Gasteiger partial charge in [-0.25, -0.2) is 13.8 Å². The van der Waals surface area contributed by atoms with Gasteiger partial charge >= 0.3 is 6.18 Å². The number of hydrogen-bond donors (Lipinski definition) is 1. The lowest BCUT2D eigenvalue weighted by Crippen LogP contribution is -2.11. The number of alkyl halides is 3. The van der Waals surface area contributed by atoms with Gasteiger partial charge in [0.2, 0.25) is 5.88 Å². The number of ether oxygens (including phenoxy) is 1. The second-order valence-electron chi connectivity index (χ2n) is 4.04. The molecule has 0 radical (unpaired) electrons. The van der Waals surface area contributed by atoms with Gasteiger partial charge in [-0.3, -0.25) is 0 Å². The molecule has 1 aromatic carbocycles. The van der Waals surface area contributed by atoms with E-state index in [9.17, 15) is 22.0 Å². The Morgan fingerprint density at radius 2 is 1.81 bits per heavy atom. The van der Waals surface area contributed by atoms with Crippen molar-refractivity contribution in [3.63, 3.8) is 0 Å². The molecule has 2 N–H and O–H groups in total. The van der Waals surface area contributed by atoms with Crippen LogP contribution in [0, 0.1) is 11.6 Å². The van der Waals surface area contributed by atoms with Gasteiger partial charge in [0.05, 0.1) is 0 Å². The first-order valence-electron chi connectivity index (χ1n) is 5.71. The highest BCUT2D eigenvalue weighted by Gasteiger charge is 2.33. The van der Waals surface area contributed by atoms with E-state index in [-0.39, 0.29) is 12.1 Å². The molecule has 2 rings (SSSR count). The highest BCUT2D eigenvalue weighted by Crippen LogP contribution is 2.32. The SMILES string of the molecule is NCc1ccc(C(F)(F)F)nc1Oc1cc(F)ccc1F. The van der Waals surface area contributed by atoms with Crippen molar-refractivity contribution < 1.29 is 26.7 Å². The Morgan fingerprint density at radius 1 is 1.10 bits per heavy atom. The van der Waals surface area contributed by atoms with E-state index in [4.69, 9.17) is 10.5 Å². The van der Waals surface area contributed by atoms with Crippen molar-refractivity contribution in [2.24, 2.45) is 5.73 Å². The minimum Gasteiger partial charge on any atom is -0.435 e. The third kappa shape index (κ3) is 3.46. The summed E-state index contributed by atoms with van der Waals surface area (Å²) in [5.41, 5.74) is 4.28. The normalized spacial score (nSPS) is 11.5. The van der Waals surface area contributed by atoms with Gasteiger partial charge in [0, 0.05) is 18.2 Å². The summed E-state index contributed by atoms with van der Waals surface area (Å²) in [7, 11) is 0. The molecule has 0 aliphatic carbocycles. The van der Waals surface area contributed by atoms with Crippen LogP contribution in [-0.2, 0) is 12.7 Å². The minimum atomic E-state index is -4.69. The van der Waals surface area contributed by atoms with E-state index in [1.807, 2.05) is 0 Å². The van der Waals surface area contributed by atoms with Crippen molar-refractivity contribution in [2.45, 2.75) is 12.7 Å². The Bertz CT molecular complexity index is 657. The van der Waals surface area contributed by atoms with E-state index < -0.39 is 35.1 Å². The van der Waals surface area contributed by atoms with Crippen LogP contribution in [0.25, 0.3) is 0 Å². The van der Waals surface area contributed by atoms with Crippen molar-refractivity contribution >= 4 is 0 Å². The molecule has 0 bridgehead atoms. The zero-order valence-electron chi connectivity index (χ0n) is 10.4. The molecule has 0 amide bonds. The minimum absolute atomic E-state index is 0.131.